The minimum atomic E-state index is 0.623. The van der Waals surface area contributed by atoms with Gasteiger partial charge in [0.15, 0.2) is 5.82 Å². The van der Waals surface area contributed by atoms with E-state index >= 15 is 0 Å². The molecule has 1 aromatic heterocycles. The summed E-state index contributed by atoms with van der Waals surface area (Å²) < 4.78 is 0. The van der Waals surface area contributed by atoms with Crippen molar-refractivity contribution in [3.8, 4) is 0 Å². The van der Waals surface area contributed by atoms with E-state index in [4.69, 9.17) is 17.3 Å². The van der Waals surface area contributed by atoms with E-state index < -0.39 is 0 Å². The average molecular weight is 256 g/mol. The summed E-state index contributed by atoms with van der Waals surface area (Å²) in [6.45, 7) is 0. The smallest absolute Gasteiger partial charge is 0.184 e. The molecule has 2 aromatic rings. The van der Waals surface area contributed by atoms with Gasteiger partial charge < -0.3 is 5.73 Å². The maximum atomic E-state index is 5.89. The summed E-state index contributed by atoms with van der Waals surface area (Å²) in [6.07, 6.45) is 0. The predicted molar refractivity (Wildman–Crippen MR) is 64.2 cm³/mol. The summed E-state index contributed by atoms with van der Waals surface area (Å²) in [4.78, 5) is 2.36. The first kappa shape index (κ1) is 11.2. The maximum Gasteiger partial charge on any atom is 0.184 e. The molecule has 84 valence electrons. The molecular formula is C9H10ClN5S. The lowest BCUT2D eigenvalue weighted by molar-refractivity contribution is 0.628. The molecule has 2 N–H and O–H groups in total. The van der Waals surface area contributed by atoms with Crippen molar-refractivity contribution in [2.45, 2.75) is 10.6 Å². The topological polar surface area (TPSA) is 69.6 Å². The summed E-state index contributed by atoms with van der Waals surface area (Å²) in [5.74, 6) is 1.30. The summed E-state index contributed by atoms with van der Waals surface area (Å²) in [5.41, 5.74) is 6.52. The van der Waals surface area contributed by atoms with Gasteiger partial charge in [0, 0.05) is 15.6 Å². The number of hydrogen-bond acceptors (Lipinski definition) is 5. The van der Waals surface area contributed by atoms with Gasteiger partial charge in [-0.1, -0.05) is 11.6 Å². The van der Waals surface area contributed by atoms with Crippen LogP contribution in [0.4, 0.5) is 5.69 Å². The first-order valence-electron chi connectivity index (χ1n) is 4.56. The van der Waals surface area contributed by atoms with E-state index in [1.165, 1.54) is 16.6 Å². The van der Waals surface area contributed by atoms with Crippen molar-refractivity contribution < 1.29 is 0 Å². The van der Waals surface area contributed by atoms with E-state index in [0.29, 0.717) is 22.3 Å². The Kier molecular flexibility index (Phi) is 3.31. The lowest BCUT2D eigenvalue weighted by Gasteiger charge is -2.03. The van der Waals surface area contributed by atoms with Gasteiger partial charge in [-0.3, -0.25) is 0 Å². The monoisotopic (exact) mass is 255 g/mol. The minimum Gasteiger partial charge on any atom is -0.398 e. The van der Waals surface area contributed by atoms with Crippen LogP contribution in [0.3, 0.4) is 0 Å². The Labute approximate surface area is 102 Å². The van der Waals surface area contributed by atoms with Gasteiger partial charge in [0.25, 0.3) is 0 Å². The summed E-state index contributed by atoms with van der Waals surface area (Å²) >= 11 is 7.43. The van der Waals surface area contributed by atoms with Gasteiger partial charge in [-0.15, -0.1) is 22.0 Å². The molecule has 1 aromatic carbocycles. The summed E-state index contributed by atoms with van der Waals surface area (Å²) in [6, 6.07) is 5.38. The van der Waals surface area contributed by atoms with E-state index in [-0.39, 0.29) is 0 Å². The Bertz CT molecular complexity index is 498. The van der Waals surface area contributed by atoms with Crippen LogP contribution in [-0.4, -0.2) is 20.2 Å². The van der Waals surface area contributed by atoms with Gasteiger partial charge in [-0.25, -0.2) is 0 Å². The van der Waals surface area contributed by atoms with Crippen molar-refractivity contribution >= 4 is 29.1 Å². The van der Waals surface area contributed by atoms with E-state index in [1.54, 1.807) is 19.2 Å². The zero-order valence-electron chi connectivity index (χ0n) is 8.59. The fourth-order valence-electron chi connectivity index (χ4n) is 1.16. The highest BCUT2D eigenvalue weighted by Crippen LogP contribution is 2.29. The summed E-state index contributed by atoms with van der Waals surface area (Å²) in [5, 5.41) is 12.4. The molecule has 1 heterocycles. The third-order valence-electron chi connectivity index (χ3n) is 1.88. The largest absolute Gasteiger partial charge is 0.398 e. The van der Waals surface area contributed by atoms with Crippen LogP contribution in [-0.2, 0) is 12.8 Å². The number of anilines is 1. The molecular weight excluding hydrogens is 246 g/mol. The highest BCUT2D eigenvalue weighted by molar-refractivity contribution is 7.98. The number of thioether (sulfide) groups is 1. The number of nitrogens with two attached hydrogens (primary N) is 1. The van der Waals surface area contributed by atoms with Gasteiger partial charge in [0.2, 0.25) is 0 Å². The molecule has 0 bridgehead atoms. The van der Waals surface area contributed by atoms with Crippen LogP contribution < -0.4 is 5.73 Å². The van der Waals surface area contributed by atoms with Crippen LogP contribution >= 0.6 is 23.4 Å². The quantitative estimate of drug-likeness (QED) is 0.668. The first-order valence-corrected chi connectivity index (χ1v) is 5.92. The van der Waals surface area contributed by atoms with Crippen LogP contribution in [0, 0.1) is 0 Å². The van der Waals surface area contributed by atoms with Crippen molar-refractivity contribution in [3.05, 3.63) is 29.0 Å². The molecule has 0 aliphatic heterocycles. The lowest BCUT2D eigenvalue weighted by atomic mass is 10.3. The zero-order chi connectivity index (χ0) is 11.5. The van der Waals surface area contributed by atoms with Crippen molar-refractivity contribution in [2.75, 3.05) is 5.73 Å². The molecule has 0 aliphatic rings. The van der Waals surface area contributed by atoms with Crippen molar-refractivity contribution in [2.24, 2.45) is 7.05 Å². The first-order chi connectivity index (χ1) is 7.65. The number of hydrogen-bond donors (Lipinski definition) is 1. The van der Waals surface area contributed by atoms with Gasteiger partial charge in [0.05, 0.1) is 12.8 Å². The number of nitrogens with zero attached hydrogens (tertiary/aromatic N) is 4. The highest BCUT2D eigenvalue weighted by Gasteiger charge is 2.05. The lowest BCUT2D eigenvalue weighted by Crippen LogP contribution is -1.93. The second kappa shape index (κ2) is 4.71. The molecule has 0 aliphatic carbocycles. The molecule has 0 radical (unpaired) electrons. The molecule has 0 saturated heterocycles. The Morgan fingerprint density at radius 2 is 2.31 bits per heavy atom. The molecule has 0 amide bonds. The van der Waals surface area contributed by atoms with E-state index in [1.807, 2.05) is 6.07 Å². The van der Waals surface area contributed by atoms with Crippen LogP contribution in [0.2, 0.25) is 5.02 Å². The van der Waals surface area contributed by atoms with Gasteiger partial charge in [-0.2, -0.15) is 4.80 Å². The molecule has 0 unspecified atom stereocenters. The second-order valence-electron chi connectivity index (χ2n) is 3.17. The predicted octanol–water partition coefficient (Wildman–Crippen LogP) is 1.74. The fraction of sp³-hybridized carbons (Fsp3) is 0.222. The molecule has 0 spiro atoms. The number of tetrazole rings is 1. The van der Waals surface area contributed by atoms with Crippen LogP contribution in [0.25, 0.3) is 0 Å². The van der Waals surface area contributed by atoms with E-state index in [9.17, 15) is 0 Å². The number of halogens is 1. The standard InChI is InChI=1S/C9H10ClN5S/c1-15-13-9(12-14-15)5-16-8-4-6(10)2-3-7(8)11/h2-4H,5,11H2,1H3. The number of benzene rings is 1. The molecule has 2 rings (SSSR count). The molecule has 5 nitrogen and oxygen atoms in total. The van der Waals surface area contributed by atoms with Crippen LogP contribution in [0.5, 0.6) is 0 Å². The second-order valence-corrected chi connectivity index (χ2v) is 4.62. The van der Waals surface area contributed by atoms with Crippen LogP contribution in [0.1, 0.15) is 5.82 Å². The third kappa shape index (κ3) is 2.65. The van der Waals surface area contributed by atoms with Gasteiger partial charge >= 0.3 is 0 Å². The Hall–Kier alpha value is -1.27. The third-order valence-corrected chi connectivity index (χ3v) is 3.18. The Morgan fingerprint density at radius 3 is 3.00 bits per heavy atom. The molecule has 16 heavy (non-hydrogen) atoms. The maximum absolute atomic E-state index is 5.89. The van der Waals surface area contributed by atoms with Crippen LogP contribution in [0.15, 0.2) is 23.1 Å². The van der Waals surface area contributed by atoms with E-state index in [0.717, 1.165) is 4.90 Å². The Morgan fingerprint density at radius 1 is 1.50 bits per heavy atom. The zero-order valence-corrected chi connectivity index (χ0v) is 10.2. The number of nitrogen functional groups attached to an aromatic ring is 1. The van der Waals surface area contributed by atoms with Crippen molar-refractivity contribution in [3.63, 3.8) is 0 Å². The minimum absolute atomic E-state index is 0.623. The number of aryl methyl sites for hydroxylation is 1. The van der Waals surface area contributed by atoms with Gasteiger partial charge in [-0.05, 0) is 23.4 Å². The number of aromatic nitrogens is 4. The Balaban J connectivity index is 2.07. The van der Waals surface area contributed by atoms with Crippen molar-refractivity contribution in [1.82, 2.24) is 20.2 Å². The van der Waals surface area contributed by atoms with E-state index in [2.05, 4.69) is 15.4 Å². The SMILES string of the molecule is Cn1nnc(CSc2cc(Cl)ccc2N)n1. The summed E-state index contributed by atoms with van der Waals surface area (Å²) in [7, 11) is 1.73. The highest BCUT2D eigenvalue weighted by atomic mass is 35.5. The normalized spacial score (nSPS) is 10.6. The van der Waals surface area contributed by atoms with Gasteiger partial charge in [0.1, 0.15) is 0 Å². The molecule has 0 atom stereocenters. The molecule has 0 saturated carbocycles. The number of rotatable bonds is 3. The molecule has 7 heteroatoms. The molecule has 0 fully saturated rings. The van der Waals surface area contributed by atoms with Crippen molar-refractivity contribution in [1.29, 1.82) is 0 Å². The average Bonchev–Trinajstić information content (AvgIpc) is 2.66. The fourth-order valence-corrected chi connectivity index (χ4v) is 2.24.